The third-order valence-electron chi connectivity index (χ3n) is 4.57. The van der Waals surface area contributed by atoms with Crippen LogP contribution in [-0.4, -0.2) is 21.4 Å². The molecule has 0 saturated heterocycles. The summed E-state index contributed by atoms with van der Waals surface area (Å²) in [6.45, 7) is 4.82. The van der Waals surface area contributed by atoms with Gasteiger partial charge in [-0.05, 0) is 23.5 Å². The number of aromatic nitrogens is 2. The van der Waals surface area contributed by atoms with Gasteiger partial charge in [-0.15, -0.1) is 0 Å². The van der Waals surface area contributed by atoms with Crippen molar-refractivity contribution in [3.8, 4) is 0 Å². The summed E-state index contributed by atoms with van der Waals surface area (Å²) < 4.78 is 0. The fourth-order valence-electron chi connectivity index (χ4n) is 3.05. The monoisotopic (exact) mass is 391 g/mol. The average Bonchev–Trinajstić information content (AvgIpc) is 2.73. The average molecular weight is 391 g/mol. The molecule has 3 aromatic rings. The molecule has 0 fully saturated rings. The van der Waals surface area contributed by atoms with Crippen LogP contribution in [0.4, 0.5) is 17.3 Å². The minimum atomic E-state index is -0.437. The number of nitrogens with one attached hydrogen (secondary N) is 2. The molecule has 0 bridgehead atoms. The van der Waals surface area contributed by atoms with Crippen LogP contribution in [0.5, 0.6) is 0 Å². The van der Waals surface area contributed by atoms with Gasteiger partial charge < -0.3 is 10.6 Å². The molecule has 0 aliphatic carbocycles. The molecule has 29 heavy (non-hydrogen) atoms. The normalized spacial score (nSPS) is 10.9. The molecule has 2 N–H and O–H groups in total. The van der Waals surface area contributed by atoms with Crippen LogP contribution in [-0.2, 0) is 0 Å². The van der Waals surface area contributed by atoms with Gasteiger partial charge in [-0.2, -0.15) is 0 Å². The topological polar surface area (TPSA) is 93.0 Å². The second-order valence-corrected chi connectivity index (χ2v) is 7.18. The first kappa shape index (κ1) is 20.3. The molecule has 2 aromatic carbocycles. The molecular weight excluding hydrogens is 366 g/mol. The minimum Gasteiger partial charge on any atom is -0.364 e. The third-order valence-corrected chi connectivity index (χ3v) is 4.57. The van der Waals surface area contributed by atoms with E-state index in [4.69, 9.17) is 0 Å². The van der Waals surface area contributed by atoms with Crippen molar-refractivity contribution in [3.05, 3.63) is 88.2 Å². The van der Waals surface area contributed by atoms with Crippen molar-refractivity contribution in [1.29, 1.82) is 0 Å². The molecule has 1 heterocycles. The molecule has 0 unspecified atom stereocenters. The number of benzene rings is 2. The maximum absolute atomic E-state index is 11.8. The fourth-order valence-corrected chi connectivity index (χ4v) is 3.05. The Labute approximate surface area is 170 Å². The maximum Gasteiger partial charge on any atom is 0.353 e. The van der Waals surface area contributed by atoms with Crippen LogP contribution in [0.25, 0.3) is 0 Å². The van der Waals surface area contributed by atoms with E-state index in [9.17, 15) is 10.1 Å². The Hall–Kier alpha value is -3.48. The highest BCUT2D eigenvalue weighted by atomic mass is 16.6. The van der Waals surface area contributed by atoms with E-state index in [1.807, 2.05) is 60.7 Å². The van der Waals surface area contributed by atoms with Crippen molar-refractivity contribution in [2.75, 3.05) is 17.2 Å². The zero-order valence-corrected chi connectivity index (χ0v) is 16.6. The first-order valence-corrected chi connectivity index (χ1v) is 9.66. The Kier molecular flexibility index (Phi) is 6.73. The van der Waals surface area contributed by atoms with Gasteiger partial charge in [0.1, 0.15) is 6.33 Å². The van der Waals surface area contributed by atoms with Gasteiger partial charge in [0.2, 0.25) is 11.6 Å². The van der Waals surface area contributed by atoms with Gasteiger partial charge >= 0.3 is 5.69 Å². The van der Waals surface area contributed by atoms with Crippen LogP contribution in [0.2, 0.25) is 0 Å². The molecule has 0 atom stereocenters. The fraction of sp³-hybridized carbons (Fsp3) is 0.273. The SMILES string of the molecule is CC(C)CCNc1ncnc(NC(c2ccccc2)c2ccccc2)c1[N+](=O)[O-]. The quantitative estimate of drug-likeness (QED) is 0.392. The van der Waals surface area contributed by atoms with E-state index in [2.05, 4.69) is 34.4 Å². The number of anilines is 2. The Morgan fingerprint density at radius 3 is 2.00 bits per heavy atom. The molecular formula is C22H25N5O2. The van der Waals surface area contributed by atoms with Gasteiger partial charge in [-0.25, -0.2) is 9.97 Å². The molecule has 0 radical (unpaired) electrons. The molecule has 7 nitrogen and oxygen atoms in total. The summed E-state index contributed by atoms with van der Waals surface area (Å²) >= 11 is 0. The van der Waals surface area contributed by atoms with E-state index >= 15 is 0 Å². The van der Waals surface area contributed by atoms with E-state index in [0.717, 1.165) is 17.5 Å². The summed E-state index contributed by atoms with van der Waals surface area (Å²) in [5, 5.41) is 18.2. The summed E-state index contributed by atoms with van der Waals surface area (Å²) in [7, 11) is 0. The zero-order valence-electron chi connectivity index (χ0n) is 16.6. The Balaban J connectivity index is 1.96. The highest BCUT2D eigenvalue weighted by Crippen LogP contribution is 2.33. The van der Waals surface area contributed by atoms with Crippen LogP contribution >= 0.6 is 0 Å². The lowest BCUT2D eigenvalue weighted by atomic mass is 9.99. The van der Waals surface area contributed by atoms with Crippen LogP contribution in [0.3, 0.4) is 0 Å². The maximum atomic E-state index is 11.8. The van der Waals surface area contributed by atoms with E-state index in [0.29, 0.717) is 12.5 Å². The van der Waals surface area contributed by atoms with E-state index in [1.54, 1.807) is 0 Å². The summed E-state index contributed by atoms with van der Waals surface area (Å²) in [4.78, 5) is 19.7. The van der Waals surface area contributed by atoms with Crippen LogP contribution in [0.15, 0.2) is 67.0 Å². The second kappa shape index (κ2) is 9.64. The molecule has 0 aliphatic heterocycles. The van der Waals surface area contributed by atoms with Crippen LogP contribution in [0, 0.1) is 16.0 Å². The van der Waals surface area contributed by atoms with Crippen LogP contribution < -0.4 is 10.6 Å². The first-order valence-electron chi connectivity index (χ1n) is 9.66. The molecule has 3 rings (SSSR count). The third kappa shape index (κ3) is 5.28. The summed E-state index contributed by atoms with van der Waals surface area (Å²) in [5.41, 5.74) is 1.83. The lowest BCUT2D eigenvalue weighted by Gasteiger charge is -2.20. The highest BCUT2D eigenvalue weighted by molar-refractivity contribution is 5.70. The lowest BCUT2D eigenvalue weighted by Crippen LogP contribution is -2.16. The van der Waals surface area contributed by atoms with Gasteiger partial charge in [0, 0.05) is 6.54 Å². The number of hydrogen-bond acceptors (Lipinski definition) is 6. The Morgan fingerprint density at radius 2 is 1.48 bits per heavy atom. The number of nitro groups is 1. The standard InChI is InChI=1S/C22H25N5O2/c1-16(2)13-14-23-21-20(27(28)29)22(25-15-24-21)26-19(17-9-5-3-6-10-17)18-11-7-4-8-12-18/h3-12,15-16,19H,13-14H2,1-2H3,(H2,23,24,25,26). The minimum absolute atomic E-state index is 0.145. The van der Waals surface area contributed by atoms with Gasteiger partial charge in [0.05, 0.1) is 11.0 Å². The lowest BCUT2D eigenvalue weighted by molar-refractivity contribution is -0.383. The molecule has 0 spiro atoms. The summed E-state index contributed by atoms with van der Waals surface area (Å²) in [6, 6.07) is 19.3. The van der Waals surface area contributed by atoms with Crippen molar-refractivity contribution in [1.82, 2.24) is 9.97 Å². The Morgan fingerprint density at radius 1 is 0.931 bits per heavy atom. The first-order chi connectivity index (χ1) is 14.1. The zero-order chi connectivity index (χ0) is 20.6. The number of nitrogens with zero attached hydrogens (tertiary/aromatic N) is 3. The van der Waals surface area contributed by atoms with E-state index in [1.165, 1.54) is 6.33 Å². The van der Waals surface area contributed by atoms with E-state index in [-0.39, 0.29) is 23.4 Å². The van der Waals surface area contributed by atoms with Crippen molar-refractivity contribution >= 4 is 17.3 Å². The van der Waals surface area contributed by atoms with Gasteiger partial charge in [-0.1, -0.05) is 74.5 Å². The van der Waals surface area contributed by atoms with Crippen molar-refractivity contribution in [2.24, 2.45) is 5.92 Å². The van der Waals surface area contributed by atoms with Crippen LogP contribution in [0.1, 0.15) is 37.4 Å². The van der Waals surface area contributed by atoms with Gasteiger partial charge in [0.15, 0.2) is 0 Å². The summed E-state index contributed by atoms with van der Waals surface area (Å²) in [5.74, 6) is 0.907. The van der Waals surface area contributed by atoms with Crippen molar-refractivity contribution < 1.29 is 4.92 Å². The van der Waals surface area contributed by atoms with E-state index < -0.39 is 4.92 Å². The van der Waals surface area contributed by atoms with Gasteiger partial charge in [-0.3, -0.25) is 10.1 Å². The highest BCUT2D eigenvalue weighted by Gasteiger charge is 2.26. The smallest absolute Gasteiger partial charge is 0.353 e. The number of hydrogen-bond donors (Lipinski definition) is 2. The predicted octanol–water partition coefficient (Wildman–Crippen LogP) is 5.04. The molecule has 0 aliphatic rings. The van der Waals surface area contributed by atoms with Crippen molar-refractivity contribution in [3.63, 3.8) is 0 Å². The summed E-state index contributed by atoms with van der Waals surface area (Å²) in [6.07, 6.45) is 2.24. The molecule has 0 saturated carbocycles. The molecule has 1 aromatic heterocycles. The predicted molar refractivity (Wildman–Crippen MR) is 115 cm³/mol. The van der Waals surface area contributed by atoms with Gasteiger partial charge in [0.25, 0.3) is 0 Å². The second-order valence-electron chi connectivity index (χ2n) is 7.18. The van der Waals surface area contributed by atoms with Crippen molar-refractivity contribution in [2.45, 2.75) is 26.3 Å². The molecule has 7 heteroatoms. The molecule has 0 amide bonds. The number of rotatable bonds is 9. The largest absolute Gasteiger partial charge is 0.364 e. The Bertz CT molecular complexity index is 893. The molecule has 150 valence electrons.